The molecular formula is C49H38. The summed E-state index contributed by atoms with van der Waals surface area (Å²) in [5.41, 5.74) is 16.6. The van der Waals surface area contributed by atoms with E-state index in [2.05, 4.69) is 159 Å². The van der Waals surface area contributed by atoms with E-state index in [0.29, 0.717) is 0 Å². The highest BCUT2D eigenvalue weighted by molar-refractivity contribution is 6.23. The van der Waals surface area contributed by atoms with Crippen molar-refractivity contribution in [2.75, 3.05) is 0 Å². The number of fused-ring (bicyclic) bond motifs is 7. The molecule has 10 rings (SSSR count). The highest BCUT2D eigenvalue weighted by atomic mass is 14.4. The summed E-state index contributed by atoms with van der Waals surface area (Å²) in [7, 11) is 0. The van der Waals surface area contributed by atoms with Gasteiger partial charge in [0.1, 0.15) is 0 Å². The maximum absolute atomic E-state index is 2.50. The lowest BCUT2D eigenvalue weighted by molar-refractivity contribution is 0.660. The van der Waals surface area contributed by atoms with Gasteiger partial charge in [0.15, 0.2) is 0 Å². The number of hydrogen-bond acceptors (Lipinski definition) is 0. The van der Waals surface area contributed by atoms with Gasteiger partial charge in [-0.1, -0.05) is 153 Å². The molecule has 0 nitrogen and oxygen atoms in total. The standard InChI is InChI=1S/C49H38/c1-49(2)44-26-10-9-22-41(44)48-42(25-13-27-45(48)49)47-39-21-8-7-20-38(39)46(37-24-12-17-32-15-4-6-19-35(32)37)40-29-28-33(30-43(40)47)36-23-11-16-31-14-3-5-18-34(31)36/h3,5,7-14,16-18,20-30H,4,6,15,19H2,1-2H3. The van der Waals surface area contributed by atoms with Crippen LogP contribution in [-0.2, 0) is 18.3 Å². The summed E-state index contributed by atoms with van der Waals surface area (Å²) in [5.74, 6) is 0. The van der Waals surface area contributed by atoms with Gasteiger partial charge in [-0.05, 0) is 131 Å². The SMILES string of the molecule is CC1(C)c2ccccc2-c2c(-c3c4ccccc4c(-c4cccc5c4CCCC5)c4ccc(-c5cccc6ccccc56)cc34)cccc21. The summed E-state index contributed by atoms with van der Waals surface area (Å²) < 4.78 is 0. The van der Waals surface area contributed by atoms with E-state index >= 15 is 0 Å². The van der Waals surface area contributed by atoms with Crippen LogP contribution < -0.4 is 0 Å². The van der Waals surface area contributed by atoms with Crippen molar-refractivity contribution in [3.8, 4) is 44.5 Å². The van der Waals surface area contributed by atoms with Crippen LogP contribution in [0.4, 0.5) is 0 Å². The Balaban J connectivity index is 1.37. The predicted molar refractivity (Wildman–Crippen MR) is 209 cm³/mol. The molecule has 0 heterocycles. The van der Waals surface area contributed by atoms with E-state index in [1.54, 1.807) is 5.56 Å². The van der Waals surface area contributed by atoms with E-state index in [1.807, 2.05) is 0 Å². The molecule has 8 aromatic rings. The van der Waals surface area contributed by atoms with Crippen LogP contribution in [0, 0.1) is 0 Å². The number of aryl methyl sites for hydroxylation is 1. The topological polar surface area (TPSA) is 0 Å². The summed E-state index contributed by atoms with van der Waals surface area (Å²) in [6.07, 6.45) is 4.86. The molecule has 0 bridgehead atoms. The molecule has 2 aliphatic rings. The zero-order valence-corrected chi connectivity index (χ0v) is 28.2. The Bertz CT molecular complexity index is 2630. The molecule has 0 heteroatoms. The van der Waals surface area contributed by atoms with E-state index in [0.717, 1.165) is 6.42 Å². The first-order valence-corrected chi connectivity index (χ1v) is 17.9. The molecule has 49 heavy (non-hydrogen) atoms. The van der Waals surface area contributed by atoms with Crippen molar-refractivity contribution in [3.05, 3.63) is 168 Å². The first kappa shape index (κ1) is 28.5. The molecular weight excluding hydrogens is 589 g/mol. The monoisotopic (exact) mass is 626 g/mol. The Hall–Kier alpha value is -5.46. The Labute approximate surface area is 288 Å². The van der Waals surface area contributed by atoms with E-state index in [4.69, 9.17) is 0 Å². The molecule has 8 aromatic carbocycles. The van der Waals surface area contributed by atoms with E-state index in [-0.39, 0.29) is 5.41 Å². The van der Waals surface area contributed by atoms with Gasteiger partial charge in [-0.2, -0.15) is 0 Å². The quantitative estimate of drug-likeness (QED) is 0.171. The third-order valence-electron chi connectivity index (χ3n) is 11.7. The van der Waals surface area contributed by atoms with Crippen LogP contribution in [-0.4, -0.2) is 0 Å². The molecule has 0 saturated heterocycles. The van der Waals surface area contributed by atoms with Crippen molar-refractivity contribution >= 4 is 32.3 Å². The summed E-state index contributed by atoms with van der Waals surface area (Å²) >= 11 is 0. The Morgan fingerprint density at radius 1 is 0.408 bits per heavy atom. The van der Waals surface area contributed by atoms with Crippen LogP contribution in [0.15, 0.2) is 146 Å². The lowest BCUT2D eigenvalue weighted by Crippen LogP contribution is -2.14. The van der Waals surface area contributed by atoms with Crippen LogP contribution in [0.5, 0.6) is 0 Å². The smallest absolute Gasteiger partial charge is 0.0159 e. The fraction of sp³-hybridized carbons (Fsp3) is 0.143. The van der Waals surface area contributed by atoms with Crippen molar-refractivity contribution < 1.29 is 0 Å². The van der Waals surface area contributed by atoms with Crippen LogP contribution in [0.1, 0.15) is 48.9 Å². The van der Waals surface area contributed by atoms with Crippen LogP contribution in [0.2, 0.25) is 0 Å². The fourth-order valence-electron chi connectivity index (χ4n) is 9.38. The molecule has 0 amide bonds. The van der Waals surface area contributed by atoms with E-state index < -0.39 is 0 Å². The van der Waals surface area contributed by atoms with Crippen molar-refractivity contribution in [2.45, 2.75) is 44.9 Å². The maximum atomic E-state index is 2.50. The predicted octanol–water partition coefficient (Wildman–Crippen LogP) is 13.3. The van der Waals surface area contributed by atoms with Gasteiger partial charge >= 0.3 is 0 Å². The van der Waals surface area contributed by atoms with Gasteiger partial charge in [0, 0.05) is 5.41 Å². The lowest BCUT2D eigenvalue weighted by atomic mass is 9.79. The van der Waals surface area contributed by atoms with Crippen molar-refractivity contribution in [1.29, 1.82) is 0 Å². The second kappa shape index (κ2) is 10.8. The number of rotatable bonds is 3. The Kier molecular flexibility index (Phi) is 6.28. The lowest BCUT2D eigenvalue weighted by Gasteiger charge is -2.24. The average molecular weight is 627 g/mol. The molecule has 234 valence electrons. The van der Waals surface area contributed by atoms with Gasteiger partial charge in [0.25, 0.3) is 0 Å². The zero-order valence-electron chi connectivity index (χ0n) is 28.2. The van der Waals surface area contributed by atoms with Crippen LogP contribution in [0.25, 0.3) is 76.8 Å². The highest BCUT2D eigenvalue weighted by Crippen LogP contribution is 2.55. The van der Waals surface area contributed by atoms with Gasteiger partial charge in [-0.15, -0.1) is 0 Å². The summed E-state index contributed by atoms with van der Waals surface area (Å²) in [6.45, 7) is 4.77. The molecule has 0 aliphatic heterocycles. The third-order valence-corrected chi connectivity index (χ3v) is 11.7. The number of hydrogen-bond donors (Lipinski definition) is 0. The van der Waals surface area contributed by atoms with Gasteiger partial charge < -0.3 is 0 Å². The normalized spacial score (nSPS) is 14.6. The number of benzene rings is 8. The Morgan fingerprint density at radius 2 is 1.00 bits per heavy atom. The van der Waals surface area contributed by atoms with E-state index in [1.165, 1.54) is 113 Å². The third kappa shape index (κ3) is 4.17. The average Bonchev–Trinajstić information content (AvgIpc) is 3.39. The van der Waals surface area contributed by atoms with Crippen molar-refractivity contribution in [2.24, 2.45) is 0 Å². The maximum Gasteiger partial charge on any atom is 0.0159 e. The van der Waals surface area contributed by atoms with E-state index in [9.17, 15) is 0 Å². The highest BCUT2D eigenvalue weighted by Gasteiger charge is 2.37. The van der Waals surface area contributed by atoms with Gasteiger partial charge in [-0.25, -0.2) is 0 Å². The molecule has 0 atom stereocenters. The van der Waals surface area contributed by atoms with Crippen molar-refractivity contribution in [3.63, 3.8) is 0 Å². The summed E-state index contributed by atoms with van der Waals surface area (Å²) in [6, 6.07) is 55.2. The first-order valence-electron chi connectivity index (χ1n) is 17.9. The first-order chi connectivity index (χ1) is 24.1. The molecule has 0 fully saturated rings. The van der Waals surface area contributed by atoms with Gasteiger partial charge in [-0.3, -0.25) is 0 Å². The van der Waals surface area contributed by atoms with Crippen LogP contribution in [0.3, 0.4) is 0 Å². The molecule has 0 saturated carbocycles. The Morgan fingerprint density at radius 3 is 1.88 bits per heavy atom. The minimum Gasteiger partial charge on any atom is -0.0619 e. The zero-order chi connectivity index (χ0) is 32.7. The molecule has 0 spiro atoms. The second-order valence-corrected chi connectivity index (χ2v) is 14.6. The molecule has 0 aromatic heterocycles. The largest absolute Gasteiger partial charge is 0.0619 e. The summed E-state index contributed by atoms with van der Waals surface area (Å²) in [4.78, 5) is 0. The molecule has 0 N–H and O–H groups in total. The van der Waals surface area contributed by atoms with Gasteiger partial charge in [0.2, 0.25) is 0 Å². The molecule has 2 aliphatic carbocycles. The summed E-state index contributed by atoms with van der Waals surface area (Å²) in [5, 5.41) is 7.88. The molecule has 0 radical (unpaired) electrons. The minimum atomic E-state index is -0.0648. The minimum absolute atomic E-state index is 0.0648. The fourth-order valence-corrected chi connectivity index (χ4v) is 9.38. The molecule has 0 unspecified atom stereocenters. The van der Waals surface area contributed by atoms with Crippen molar-refractivity contribution in [1.82, 2.24) is 0 Å². The van der Waals surface area contributed by atoms with Crippen LogP contribution >= 0.6 is 0 Å². The second-order valence-electron chi connectivity index (χ2n) is 14.6. The van der Waals surface area contributed by atoms with Gasteiger partial charge in [0.05, 0.1) is 0 Å².